The zero-order chi connectivity index (χ0) is 19.1. The fourth-order valence-corrected chi connectivity index (χ4v) is 3.33. The summed E-state index contributed by atoms with van der Waals surface area (Å²) < 4.78 is 0. The number of H-pyrrole nitrogens is 1. The number of carboxylic acid groups (broad SMARTS) is 1. The molecule has 0 radical (unpaired) electrons. The highest BCUT2D eigenvalue weighted by Crippen LogP contribution is 2.29. The molecule has 0 aliphatic carbocycles. The highest BCUT2D eigenvalue weighted by atomic mass is 16.4. The maximum absolute atomic E-state index is 13.0. The van der Waals surface area contributed by atoms with Gasteiger partial charge in [0.2, 0.25) is 5.91 Å². The van der Waals surface area contributed by atoms with Crippen molar-refractivity contribution in [2.75, 3.05) is 5.32 Å². The highest BCUT2D eigenvalue weighted by Gasteiger charge is 2.28. The van der Waals surface area contributed by atoms with E-state index in [2.05, 4.69) is 15.5 Å². The molecule has 136 valence electrons. The number of carbonyl (C=O) groups excluding carboxylic acids is 2. The van der Waals surface area contributed by atoms with Crippen LogP contribution in [0.2, 0.25) is 0 Å². The third-order valence-corrected chi connectivity index (χ3v) is 4.71. The number of nitrogens with one attached hydrogen (secondary N) is 2. The van der Waals surface area contributed by atoms with Gasteiger partial charge in [-0.15, -0.1) is 0 Å². The molecule has 3 aromatic rings. The monoisotopic (exact) mass is 364 g/mol. The summed E-state index contributed by atoms with van der Waals surface area (Å²) in [7, 11) is 0. The van der Waals surface area contributed by atoms with E-state index in [4.69, 9.17) is 0 Å². The molecular formula is C19H16N4O4. The van der Waals surface area contributed by atoms with Gasteiger partial charge in [0.05, 0.1) is 29.9 Å². The summed E-state index contributed by atoms with van der Waals surface area (Å²) in [5.41, 5.74) is 1.44. The van der Waals surface area contributed by atoms with Crippen LogP contribution in [0.4, 0.5) is 5.82 Å². The summed E-state index contributed by atoms with van der Waals surface area (Å²) in [6.07, 6.45) is 0. The van der Waals surface area contributed by atoms with E-state index in [9.17, 15) is 19.5 Å². The van der Waals surface area contributed by atoms with Crippen LogP contribution in [0.3, 0.4) is 0 Å². The third kappa shape index (κ3) is 2.80. The molecule has 0 bridgehead atoms. The zero-order valence-electron chi connectivity index (χ0n) is 14.4. The Morgan fingerprint density at radius 3 is 2.67 bits per heavy atom. The molecule has 2 aromatic carbocycles. The van der Waals surface area contributed by atoms with Gasteiger partial charge in [-0.05, 0) is 16.8 Å². The van der Waals surface area contributed by atoms with Crippen LogP contribution in [0.5, 0.6) is 0 Å². The first-order valence-electron chi connectivity index (χ1n) is 8.33. The number of rotatable bonds is 3. The minimum atomic E-state index is -1.18. The number of hydrogen-bond acceptors (Lipinski definition) is 4. The van der Waals surface area contributed by atoms with Crippen molar-refractivity contribution in [3.8, 4) is 0 Å². The first-order chi connectivity index (χ1) is 13.0. The molecule has 1 aliphatic heterocycles. The molecule has 1 aromatic heterocycles. The lowest BCUT2D eigenvalue weighted by molar-refractivity contribution is -0.129. The van der Waals surface area contributed by atoms with E-state index in [0.717, 1.165) is 10.9 Å². The molecule has 8 nitrogen and oxygen atoms in total. The number of nitrogens with zero attached hydrogens (tertiary/aromatic N) is 2. The van der Waals surface area contributed by atoms with Crippen LogP contribution in [0.1, 0.15) is 38.9 Å². The van der Waals surface area contributed by atoms with Crippen molar-refractivity contribution >= 4 is 34.4 Å². The van der Waals surface area contributed by atoms with Crippen LogP contribution in [-0.4, -0.2) is 38.0 Å². The van der Waals surface area contributed by atoms with Crippen LogP contribution in [0.15, 0.2) is 36.4 Å². The third-order valence-electron chi connectivity index (χ3n) is 4.71. The molecule has 0 fully saturated rings. The van der Waals surface area contributed by atoms with Crippen molar-refractivity contribution in [1.82, 2.24) is 15.1 Å². The smallest absolute Gasteiger partial charge is 0.336 e. The standard InChI is InChI=1S/C19H16N4O4/c1-10(24)23-8-14-15(9-23)21-22-17(14)20-18(25)16-12-5-3-2-4-11(12)6-7-13(16)19(26)27/h2-7H,8-9H2,1H3,(H,26,27)(H2,20,21,22,25). The van der Waals surface area contributed by atoms with Gasteiger partial charge in [-0.2, -0.15) is 5.10 Å². The Balaban J connectivity index is 1.73. The lowest BCUT2D eigenvalue weighted by Gasteiger charge is -2.13. The van der Waals surface area contributed by atoms with Crippen molar-refractivity contribution in [2.45, 2.75) is 20.0 Å². The molecule has 27 heavy (non-hydrogen) atoms. The van der Waals surface area contributed by atoms with E-state index in [-0.39, 0.29) is 17.0 Å². The van der Waals surface area contributed by atoms with Gasteiger partial charge in [0.1, 0.15) is 5.82 Å². The topological polar surface area (TPSA) is 115 Å². The molecule has 0 atom stereocenters. The van der Waals surface area contributed by atoms with Gasteiger partial charge in [-0.25, -0.2) is 4.79 Å². The number of hydrogen-bond donors (Lipinski definition) is 3. The average molecular weight is 364 g/mol. The molecular weight excluding hydrogens is 348 g/mol. The van der Waals surface area contributed by atoms with Crippen LogP contribution >= 0.6 is 0 Å². The van der Waals surface area contributed by atoms with Gasteiger partial charge in [0, 0.05) is 12.5 Å². The number of aromatic carboxylic acids is 1. The SMILES string of the molecule is CC(=O)N1Cc2n[nH]c(NC(=O)c3c(C(=O)O)ccc4ccccc34)c2C1. The maximum atomic E-state index is 13.0. The molecule has 0 saturated heterocycles. The Kier molecular flexibility index (Phi) is 3.88. The van der Waals surface area contributed by atoms with Crippen LogP contribution in [-0.2, 0) is 17.9 Å². The van der Waals surface area contributed by atoms with Crippen molar-refractivity contribution in [2.24, 2.45) is 0 Å². The van der Waals surface area contributed by atoms with E-state index in [1.54, 1.807) is 23.1 Å². The van der Waals surface area contributed by atoms with Crippen molar-refractivity contribution in [1.29, 1.82) is 0 Å². The summed E-state index contributed by atoms with van der Waals surface area (Å²) in [6.45, 7) is 2.20. The summed E-state index contributed by atoms with van der Waals surface area (Å²) in [5.74, 6) is -1.42. The lowest BCUT2D eigenvalue weighted by Crippen LogP contribution is -2.23. The fraction of sp³-hybridized carbons (Fsp3) is 0.158. The number of anilines is 1. The molecule has 3 N–H and O–H groups in total. The number of benzene rings is 2. The Hall–Kier alpha value is -3.68. The quantitative estimate of drug-likeness (QED) is 0.660. The van der Waals surface area contributed by atoms with Crippen molar-refractivity contribution < 1.29 is 19.5 Å². The van der Waals surface area contributed by atoms with Gasteiger partial charge >= 0.3 is 5.97 Å². The van der Waals surface area contributed by atoms with Gasteiger partial charge in [0.25, 0.3) is 5.91 Å². The Bertz CT molecular complexity index is 1100. The molecule has 0 saturated carbocycles. The molecule has 0 unspecified atom stereocenters. The Morgan fingerprint density at radius 1 is 1.15 bits per heavy atom. The molecule has 4 rings (SSSR count). The number of carbonyl (C=O) groups is 3. The first kappa shape index (κ1) is 16.8. The number of amides is 2. The normalized spacial score (nSPS) is 12.9. The predicted molar refractivity (Wildman–Crippen MR) is 97.4 cm³/mol. The minimum Gasteiger partial charge on any atom is -0.478 e. The van der Waals surface area contributed by atoms with Gasteiger partial charge in [-0.1, -0.05) is 30.3 Å². The number of carboxylic acids is 1. The molecule has 0 spiro atoms. The summed E-state index contributed by atoms with van der Waals surface area (Å²) >= 11 is 0. The van der Waals surface area contributed by atoms with Gasteiger partial charge < -0.3 is 15.3 Å². The summed E-state index contributed by atoms with van der Waals surface area (Å²) in [4.78, 5) is 37.8. The second kappa shape index (κ2) is 6.24. The Labute approximate surface area is 153 Å². The minimum absolute atomic E-state index is 0.0762. The molecule has 1 aliphatic rings. The summed E-state index contributed by atoms with van der Waals surface area (Å²) in [6, 6.07) is 10.2. The first-order valence-corrected chi connectivity index (χ1v) is 8.33. The van der Waals surface area contributed by atoms with Gasteiger partial charge in [0.15, 0.2) is 0 Å². The zero-order valence-corrected chi connectivity index (χ0v) is 14.4. The highest BCUT2D eigenvalue weighted by molar-refractivity contribution is 6.18. The number of aromatic nitrogens is 2. The van der Waals surface area contributed by atoms with E-state index < -0.39 is 11.9 Å². The number of aromatic amines is 1. The van der Waals surface area contributed by atoms with E-state index in [1.165, 1.54) is 13.0 Å². The van der Waals surface area contributed by atoms with Crippen LogP contribution in [0.25, 0.3) is 10.8 Å². The lowest BCUT2D eigenvalue weighted by atomic mass is 9.98. The maximum Gasteiger partial charge on any atom is 0.336 e. The van der Waals surface area contributed by atoms with Crippen LogP contribution in [0, 0.1) is 0 Å². The second-order valence-corrected chi connectivity index (χ2v) is 6.37. The molecule has 8 heteroatoms. The average Bonchev–Trinajstić information content (AvgIpc) is 3.22. The van der Waals surface area contributed by atoms with E-state index in [1.807, 2.05) is 12.1 Å². The van der Waals surface area contributed by atoms with E-state index >= 15 is 0 Å². The summed E-state index contributed by atoms with van der Waals surface area (Å²) in [5, 5.41) is 20.5. The van der Waals surface area contributed by atoms with Crippen molar-refractivity contribution in [3.63, 3.8) is 0 Å². The Morgan fingerprint density at radius 2 is 1.93 bits per heavy atom. The predicted octanol–water partition coefficient (Wildman–Crippen LogP) is 2.38. The van der Waals surface area contributed by atoms with Gasteiger partial charge in [-0.3, -0.25) is 14.7 Å². The van der Waals surface area contributed by atoms with Crippen molar-refractivity contribution in [3.05, 3.63) is 58.8 Å². The fourth-order valence-electron chi connectivity index (χ4n) is 3.33. The molecule has 2 heterocycles. The largest absolute Gasteiger partial charge is 0.478 e. The van der Waals surface area contributed by atoms with Crippen LogP contribution < -0.4 is 5.32 Å². The number of fused-ring (bicyclic) bond motifs is 2. The molecule has 2 amide bonds. The second-order valence-electron chi connectivity index (χ2n) is 6.37. The van der Waals surface area contributed by atoms with E-state index in [0.29, 0.717) is 30.0 Å².